The predicted molar refractivity (Wildman–Crippen MR) is 122 cm³/mol. The number of pyridine rings is 1. The molecule has 33 heavy (non-hydrogen) atoms. The van der Waals surface area contributed by atoms with E-state index in [9.17, 15) is 19.5 Å². The van der Waals surface area contributed by atoms with Crippen LogP contribution in [-0.2, 0) is 20.9 Å². The van der Waals surface area contributed by atoms with E-state index < -0.39 is 12.0 Å². The SMILES string of the molecule is C/C=C/c1ccc2n(c1=O)C[C@@H]1[C@@H](CO)[C@H](C(=O)NCC3CC3)N(C(=O)C3CCOCC3)[C@H]21. The van der Waals surface area contributed by atoms with Gasteiger partial charge in [-0.25, -0.2) is 0 Å². The zero-order valence-electron chi connectivity index (χ0n) is 19.1. The highest BCUT2D eigenvalue weighted by molar-refractivity contribution is 5.90. The summed E-state index contributed by atoms with van der Waals surface area (Å²) in [5, 5.41) is 13.4. The van der Waals surface area contributed by atoms with E-state index in [0.717, 1.165) is 18.5 Å². The minimum Gasteiger partial charge on any atom is -0.396 e. The maximum absolute atomic E-state index is 13.8. The van der Waals surface area contributed by atoms with Gasteiger partial charge in [-0.15, -0.1) is 0 Å². The molecule has 0 spiro atoms. The summed E-state index contributed by atoms with van der Waals surface area (Å²) in [6.45, 7) is 3.74. The molecule has 4 atom stereocenters. The van der Waals surface area contributed by atoms with Gasteiger partial charge in [0.25, 0.3) is 5.56 Å². The molecule has 2 N–H and O–H groups in total. The first-order valence-electron chi connectivity index (χ1n) is 12.2. The van der Waals surface area contributed by atoms with Gasteiger partial charge < -0.3 is 24.6 Å². The van der Waals surface area contributed by atoms with Crippen LogP contribution in [0, 0.1) is 23.7 Å². The predicted octanol–water partition coefficient (Wildman–Crippen LogP) is 1.32. The molecule has 2 saturated heterocycles. The monoisotopic (exact) mass is 455 g/mol. The van der Waals surface area contributed by atoms with E-state index in [2.05, 4.69) is 5.32 Å². The minimum absolute atomic E-state index is 0.0609. The van der Waals surface area contributed by atoms with Crippen molar-refractivity contribution < 1.29 is 19.4 Å². The van der Waals surface area contributed by atoms with Crippen LogP contribution < -0.4 is 10.9 Å². The standard InChI is InChI=1S/C25H33N3O5/c1-2-3-16-6-7-20-21-18(13-27(20)24(16)31)19(14-29)22(23(30)26-12-15-4-5-15)28(21)25(32)17-8-10-33-11-9-17/h2-3,6-7,15,17-19,21-22,29H,4-5,8-14H2,1H3,(H,26,30)/b3-2+/t18-,19-,21+,22-/m1/s1. The van der Waals surface area contributed by atoms with Crippen molar-refractivity contribution in [3.05, 3.63) is 39.8 Å². The lowest BCUT2D eigenvalue weighted by atomic mass is 9.88. The molecule has 0 radical (unpaired) electrons. The number of nitrogens with zero attached hydrogens (tertiary/aromatic N) is 2. The number of carbonyl (C=O) groups is 2. The molecule has 3 fully saturated rings. The Morgan fingerprint density at radius 1 is 1.21 bits per heavy atom. The second-order valence-electron chi connectivity index (χ2n) is 9.85. The van der Waals surface area contributed by atoms with E-state index in [0.29, 0.717) is 50.6 Å². The highest BCUT2D eigenvalue weighted by Crippen LogP contribution is 2.50. The molecule has 4 aliphatic rings. The van der Waals surface area contributed by atoms with Gasteiger partial charge in [-0.3, -0.25) is 14.4 Å². The van der Waals surface area contributed by atoms with Gasteiger partial charge >= 0.3 is 0 Å². The normalized spacial score (nSPS) is 29.3. The largest absolute Gasteiger partial charge is 0.396 e. The number of aromatic nitrogens is 1. The fourth-order valence-electron chi connectivity index (χ4n) is 5.88. The topological polar surface area (TPSA) is 101 Å². The molecule has 5 rings (SSSR count). The Labute approximate surface area is 193 Å². The highest BCUT2D eigenvalue weighted by atomic mass is 16.5. The number of allylic oxidation sites excluding steroid dienone is 1. The number of carbonyl (C=O) groups excluding carboxylic acids is 2. The van der Waals surface area contributed by atoms with Crippen molar-refractivity contribution in [1.29, 1.82) is 0 Å². The zero-order valence-corrected chi connectivity index (χ0v) is 19.1. The average molecular weight is 456 g/mol. The second kappa shape index (κ2) is 9.06. The van der Waals surface area contributed by atoms with Crippen LogP contribution in [-0.4, -0.2) is 58.8 Å². The van der Waals surface area contributed by atoms with Gasteiger partial charge in [0.05, 0.1) is 6.04 Å². The third-order valence-corrected chi connectivity index (χ3v) is 7.81. The smallest absolute Gasteiger partial charge is 0.258 e. The Balaban J connectivity index is 1.53. The summed E-state index contributed by atoms with van der Waals surface area (Å²) in [7, 11) is 0. The number of hydrogen-bond acceptors (Lipinski definition) is 5. The molecule has 1 aromatic rings. The van der Waals surface area contributed by atoms with Gasteiger partial charge in [0.2, 0.25) is 11.8 Å². The van der Waals surface area contributed by atoms with E-state index in [1.165, 1.54) is 0 Å². The van der Waals surface area contributed by atoms with Gasteiger partial charge in [-0.1, -0.05) is 12.2 Å². The molecule has 4 heterocycles. The van der Waals surface area contributed by atoms with E-state index in [1.54, 1.807) is 21.6 Å². The summed E-state index contributed by atoms with van der Waals surface area (Å²) in [5.74, 6) is -0.527. The number of aliphatic hydroxyl groups excluding tert-OH is 1. The Morgan fingerprint density at radius 2 is 1.97 bits per heavy atom. The van der Waals surface area contributed by atoms with Gasteiger partial charge in [0.1, 0.15) is 6.04 Å². The summed E-state index contributed by atoms with van der Waals surface area (Å²) in [6, 6.07) is 2.59. The third-order valence-electron chi connectivity index (χ3n) is 7.81. The van der Waals surface area contributed by atoms with Gasteiger partial charge in [0, 0.05) is 61.9 Å². The van der Waals surface area contributed by atoms with E-state index in [4.69, 9.17) is 4.74 Å². The van der Waals surface area contributed by atoms with Gasteiger partial charge in [-0.05, 0) is 50.7 Å². The molecule has 0 aromatic carbocycles. The fourth-order valence-corrected chi connectivity index (χ4v) is 5.88. The molecule has 8 nitrogen and oxygen atoms in total. The molecule has 178 valence electrons. The van der Waals surface area contributed by atoms with Crippen molar-refractivity contribution in [3.8, 4) is 0 Å². The van der Waals surface area contributed by atoms with Gasteiger partial charge in [-0.2, -0.15) is 0 Å². The van der Waals surface area contributed by atoms with Crippen LogP contribution in [0.3, 0.4) is 0 Å². The van der Waals surface area contributed by atoms with Crippen LogP contribution in [0.5, 0.6) is 0 Å². The van der Waals surface area contributed by atoms with Crippen molar-refractivity contribution in [1.82, 2.24) is 14.8 Å². The van der Waals surface area contributed by atoms with Crippen LogP contribution in [0.25, 0.3) is 6.08 Å². The number of fused-ring (bicyclic) bond motifs is 3. The minimum atomic E-state index is -0.724. The highest BCUT2D eigenvalue weighted by Gasteiger charge is 2.58. The number of hydrogen-bond donors (Lipinski definition) is 2. The molecular formula is C25H33N3O5. The Morgan fingerprint density at radius 3 is 2.64 bits per heavy atom. The maximum atomic E-state index is 13.8. The molecule has 2 amide bonds. The second-order valence-corrected chi connectivity index (χ2v) is 9.85. The Hall–Kier alpha value is -2.45. The van der Waals surface area contributed by atoms with E-state index in [-0.39, 0.29) is 41.9 Å². The molecule has 0 unspecified atom stereocenters. The van der Waals surface area contributed by atoms with Crippen molar-refractivity contribution >= 4 is 17.9 Å². The first-order valence-corrected chi connectivity index (χ1v) is 12.2. The van der Waals surface area contributed by atoms with Crippen LogP contribution in [0.15, 0.2) is 23.0 Å². The maximum Gasteiger partial charge on any atom is 0.258 e. The van der Waals surface area contributed by atoms with Crippen LogP contribution >= 0.6 is 0 Å². The fraction of sp³-hybridized carbons (Fsp3) is 0.640. The molecule has 8 heteroatoms. The zero-order chi connectivity index (χ0) is 23.1. The lowest BCUT2D eigenvalue weighted by Crippen LogP contribution is -2.52. The summed E-state index contributed by atoms with van der Waals surface area (Å²) in [5.41, 5.74) is 1.27. The summed E-state index contributed by atoms with van der Waals surface area (Å²) in [4.78, 5) is 42.0. The number of rotatable bonds is 6. The lowest BCUT2D eigenvalue weighted by molar-refractivity contribution is -0.147. The van der Waals surface area contributed by atoms with Crippen molar-refractivity contribution in [2.75, 3.05) is 26.4 Å². The van der Waals surface area contributed by atoms with E-state index in [1.807, 2.05) is 19.1 Å². The number of aliphatic hydroxyl groups is 1. The first-order chi connectivity index (χ1) is 16.0. The number of nitrogens with one attached hydrogen (secondary N) is 1. The average Bonchev–Trinajstić information content (AvgIpc) is 3.51. The van der Waals surface area contributed by atoms with E-state index >= 15 is 0 Å². The van der Waals surface area contributed by atoms with Crippen LogP contribution in [0.1, 0.15) is 49.9 Å². The number of amides is 2. The van der Waals surface area contributed by atoms with Crippen LogP contribution in [0.2, 0.25) is 0 Å². The van der Waals surface area contributed by atoms with Crippen molar-refractivity contribution in [3.63, 3.8) is 0 Å². The van der Waals surface area contributed by atoms with Crippen molar-refractivity contribution in [2.45, 2.75) is 51.2 Å². The number of ether oxygens (including phenoxy) is 1. The Bertz CT molecular complexity index is 1010. The molecule has 1 saturated carbocycles. The summed E-state index contributed by atoms with van der Waals surface area (Å²) in [6.07, 6.45) is 7.10. The molecule has 1 aliphatic carbocycles. The summed E-state index contributed by atoms with van der Waals surface area (Å²) >= 11 is 0. The molecule has 3 aliphatic heterocycles. The first kappa shape index (κ1) is 22.3. The Kier molecular flexibility index (Phi) is 6.14. The van der Waals surface area contributed by atoms with Gasteiger partial charge in [0.15, 0.2) is 0 Å². The van der Waals surface area contributed by atoms with Crippen LogP contribution in [0.4, 0.5) is 0 Å². The number of likely N-dealkylation sites (tertiary alicyclic amines) is 1. The molecule has 0 bridgehead atoms. The summed E-state index contributed by atoms with van der Waals surface area (Å²) < 4.78 is 7.19. The van der Waals surface area contributed by atoms with Crippen molar-refractivity contribution in [2.24, 2.45) is 23.7 Å². The quantitative estimate of drug-likeness (QED) is 0.674. The molecular weight excluding hydrogens is 422 g/mol. The molecule has 1 aromatic heterocycles. The lowest BCUT2D eigenvalue weighted by Gasteiger charge is -2.34. The third kappa shape index (κ3) is 3.93.